The average molecular weight is 246 g/mol. The lowest BCUT2D eigenvalue weighted by Crippen LogP contribution is -2.11. The topological polar surface area (TPSA) is 73.6 Å². The maximum atomic E-state index is 11.5. The molecule has 0 radical (unpaired) electrons. The van der Waals surface area contributed by atoms with Gasteiger partial charge in [0.15, 0.2) is 5.78 Å². The average Bonchev–Trinajstić information content (AvgIpc) is 2.27. The molecule has 0 aliphatic rings. The summed E-state index contributed by atoms with van der Waals surface area (Å²) in [5.74, 6) is -0.486. The van der Waals surface area contributed by atoms with E-state index >= 15 is 0 Å². The van der Waals surface area contributed by atoms with E-state index < -0.39 is 11.6 Å². The van der Waals surface area contributed by atoms with Crippen LogP contribution < -0.4 is 10.4 Å². The van der Waals surface area contributed by atoms with Crippen molar-refractivity contribution in [2.75, 3.05) is 0 Å². The number of benzene rings is 1. The second-order valence-corrected chi connectivity index (χ2v) is 3.80. The van der Waals surface area contributed by atoms with Crippen LogP contribution in [0.3, 0.4) is 0 Å². The first-order valence-electron chi connectivity index (χ1n) is 5.24. The van der Waals surface area contributed by atoms with Gasteiger partial charge < -0.3 is 9.15 Å². The normalized spacial score (nSPS) is 10.3. The van der Waals surface area contributed by atoms with Gasteiger partial charge in [-0.3, -0.25) is 9.59 Å². The third-order valence-electron chi connectivity index (χ3n) is 2.34. The molecule has 0 amide bonds. The van der Waals surface area contributed by atoms with Crippen molar-refractivity contribution in [2.24, 2.45) is 0 Å². The Morgan fingerprint density at radius 2 is 1.89 bits per heavy atom. The van der Waals surface area contributed by atoms with E-state index in [0.29, 0.717) is 16.7 Å². The van der Waals surface area contributed by atoms with E-state index in [-0.39, 0.29) is 11.3 Å². The molecule has 1 aromatic carbocycles. The molecular weight excluding hydrogens is 236 g/mol. The third-order valence-corrected chi connectivity index (χ3v) is 2.34. The van der Waals surface area contributed by atoms with Gasteiger partial charge in [0.25, 0.3) is 0 Å². The minimum absolute atomic E-state index is 0.0255. The first-order valence-corrected chi connectivity index (χ1v) is 5.24. The Morgan fingerprint density at radius 3 is 2.50 bits per heavy atom. The standard InChI is InChI=1S/C13H10O5/c1-7(14)11-6-9-5-10(17-8(2)15)3-4-12(9)18-13(11)16/h3-6H,1-2H3. The largest absolute Gasteiger partial charge is 0.427 e. The Kier molecular flexibility index (Phi) is 2.97. The SMILES string of the molecule is CC(=O)Oc1ccc2oc(=O)c(C(C)=O)cc2c1. The molecule has 0 N–H and O–H groups in total. The van der Waals surface area contributed by atoms with Crippen LogP contribution in [0.25, 0.3) is 11.0 Å². The fourth-order valence-electron chi connectivity index (χ4n) is 1.58. The van der Waals surface area contributed by atoms with E-state index in [9.17, 15) is 14.4 Å². The van der Waals surface area contributed by atoms with Gasteiger partial charge in [-0.1, -0.05) is 0 Å². The second kappa shape index (κ2) is 4.44. The van der Waals surface area contributed by atoms with Crippen molar-refractivity contribution in [2.45, 2.75) is 13.8 Å². The highest BCUT2D eigenvalue weighted by Gasteiger charge is 2.10. The molecule has 0 fully saturated rings. The lowest BCUT2D eigenvalue weighted by Gasteiger charge is -2.03. The zero-order valence-electron chi connectivity index (χ0n) is 9.85. The van der Waals surface area contributed by atoms with Crippen LogP contribution in [0.2, 0.25) is 0 Å². The van der Waals surface area contributed by atoms with Crippen LogP contribution in [0, 0.1) is 0 Å². The monoisotopic (exact) mass is 246 g/mol. The predicted octanol–water partition coefficient (Wildman–Crippen LogP) is 1.92. The molecule has 1 aromatic heterocycles. The zero-order valence-corrected chi connectivity index (χ0v) is 9.85. The van der Waals surface area contributed by atoms with Crippen LogP contribution in [-0.2, 0) is 4.79 Å². The number of fused-ring (bicyclic) bond motifs is 1. The zero-order chi connectivity index (χ0) is 13.3. The highest BCUT2D eigenvalue weighted by molar-refractivity contribution is 5.96. The van der Waals surface area contributed by atoms with E-state index in [1.165, 1.54) is 38.1 Å². The van der Waals surface area contributed by atoms with Crippen molar-refractivity contribution >= 4 is 22.7 Å². The number of hydrogen-bond donors (Lipinski definition) is 0. The molecule has 0 aliphatic carbocycles. The number of ketones is 1. The smallest absolute Gasteiger partial charge is 0.347 e. The Morgan fingerprint density at radius 1 is 1.17 bits per heavy atom. The van der Waals surface area contributed by atoms with Crippen LogP contribution >= 0.6 is 0 Å². The first kappa shape index (κ1) is 12.0. The van der Waals surface area contributed by atoms with Crippen molar-refractivity contribution in [3.63, 3.8) is 0 Å². The molecule has 1 heterocycles. The number of carbonyl (C=O) groups excluding carboxylic acids is 2. The molecule has 2 aromatic rings. The van der Waals surface area contributed by atoms with Crippen LogP contribution in [0.5, 0.6) is 5.75 Å². The third kappa shape index (κ3) is 2.29. The lowest BCUT2D eigenvalue weighted by molar-refractivity contribution is -0.131. The lowest BCUT2D eigenvalue weighted by atomic mass is 10.1. The number of hydrogen-bond acceptors (Lipinski definition) is 5. The van der Waals surface area contributed by atoms with Gasteiger partial charge in [-0.25, -0.2) is 4.79 Å². The van der Waals surface area contributed by atoms with Crippen LogP contribution in [0.4, 0.5) is 0 Å². The summed E-state index contributed by atoms with van der Waals surface area (Å²) in [6.07, 6.45) is 0. The van der Waals surface area contributed by atoms with Gasteiger partial charge in [-0.05, 0) is 31.2 Å². The fraction of sp³-hybridized carbons (Fsp3) is 0.154. The van der Waals surface area contributed by atoms with Gasteiger partial charge in [0.05, 0.1) is 0 Å². The Bertz CT molecular complexity index is 696. The molecule has 0 atom stereocenters. The summed E-state index contributed by atoms with van der Waals surface area (Å²) in [5, 5.41) is 0.526. The van der Waals surface area contributed by atoms with Crippen LogP contribution in [0.15, 0.2) is 33.5 Å². The summed E-state index contributed by atoms with van der Waals surface area (Å²) in [6, 6.07) is 5.99. The quantitative estimate of drug-likeness (QED) is 0.350. The van der Waals surface area contributed by atoms with Gasteiger partial charge in [-0.2, -0.15) is 0 Å². The maximum Gasteiger partial charge on any atom is 0.347 e. The van der Waals surface area contributed by atoms with Gasteiger partial charge in [0.1, 0.15) is 16.9 Å². The van der Waals surface area contributed by atoms with Crippen molar-refractivity contribution in [1.29, 1.82) is 0 Å². The van der Waals surface area contributed by atoms with E-state index in [2.05, 4.69) is 0 Å². The molecule has 5 nitrogen and oxygen atoms in total. The van der Waals surface area contributed by atoms with Gasteiger partial charge in [-0.15, -0.1) is 0 Å². The molecule has 0 unspecified atom stereocenters. The number of esters is 1. The number of rotatable bonds is 2. The molecule has 0 saturated carbocycles. The fourth-order valence-corrected chi connectivity index (χ4v) is 1.58. The molecule has 0 aliphatic heterocycles. The van der Waals surface area contributed by atoms with Crippen molar-refractivity contribution in [3.8, 4) is 5.75 Å². The highest BCUT2D eigenvalue weighted by atomic mass is 16.5. The number of ether oxygens (including phenoxy) is 1. The van der Waals surface area contributed by atoms with E-state index in [0.717, 1.165) is 0 Å². The molecule has 5 heteroatoms. The Hall–Kier alpha value is -2.43. The molecule has 2 rings (SSSR count). The highest BCUT2D eigenvalue weighted by Crippen LogP contribution is 2.20. The van der Waals surface area contributed by atoms with Gasteiger partial charge in [0.2, 0.25) is 0 Å². The summed E-state index contributed by atoms with van der Waals surface area (Å²) in [4.78, 5) is 33.5. The van der Waals surface area contributed by atoms with Crippen molar-refractivity contribution < 1.29 is 18.7 Å². The van der Waals surface area contributed by atoms with Crippen molar-refractivity contribution in [3.05, 3.63) is 40.2 Å². The molecular formula is C13H10O5. The summed E-state index contributed by atoms with van der Waals surface area (Å²) in [5.41, 5.74) is -0.362. The Labute approximate surface area is 102 Å². The summed E-state index contributed by atoms with van der Waals surface area (Å²) >= 11 is 0. The number of carbonyl (C=O) groups is 2. The molecule has 0 spiro atoms. The van der Waals surface area contributed by atoms with Gasteiger partial charge >= 0.3 is 11.6 Å². The predicted molar refractivity (Wildman–Crippen MR) is 63.8 cm³/mol. The van der Waals surface area contributed by atoms with E-state index in [1.54, 1.807) is 0 Å². The molecule has 18 heavy (non-hydrogen) atoms. The van der Waals surface area contributed by atoms with E-state index in [1.807, 2.05) is 0 Å². The minimum atomic E-state index is -0.671. The van der Waals surface area contributed by atoms with Gasteiger partial charge in [0, 0.05) is 12.3 Å². The molecule has 92 valence electrons. The first-order chi connectivity index (χ1) is 8.47. The minimum Gasteiger partial charge on any atom is -0.427 e. The van der Waals surface area contributed by atoms with Crippen LogP contribution in [-0.4, -0.2) is 11.8 Å². The summed E-state index contributed by atoms with van der Waals surface area (Å²) in [6.45, 7) is 2.57. The number of Topliss-reactive ketones (excluding diaryl/α,β-unsaturated/α-hetero) is 1. The second-order valence-electron chi connectivity index (χ2n) is 3.80. The van der Waals surface area contributed by atoms with Crippen LogP contribution in [0.1, 0.15) is 24.2 Å². The Balaban J connectivity index is 2.61. The summed E-state index contributed by atoms with van der Waals surface area (Å²) in [7, 11) is 0. The summed E-state index contributed by atoms with van der Waals surface area (Å²) < 4.78 is 9.91. The van der Waals surface area contributed by atoms with E-state index in [4.69, 9.17) is 9.15 Å². The van der Waals surface area contributed by atoms with Crippen molar-refractivity contribution in [1.82, 2.24) is 0 Å². The molecule has 0 bridgehead atoms. The maximum absolute atomic E-state index is 11.5. The molecule has 0 saturated heterocycles.